The van der Waals surface area contributed by atoms with E-state index in [4.69, 9.17) is 0 Å². The zero-order valence-electron chi connectivity index (χ0n) is 6.59. The quantitative estimate of drug-likeness (QED) is 0.481. The van der Waals surface area contributed by atoms with Crippen LogP contribution in [0.4, 0.5) is 4.79 Å². The van der Waals surface area contributed by atoms with Crippen molar-refractivity contribution in [2.75, 3.05) is 0 Å². The van der Waals surface area contributed by atoms with Crippen LogP contribution in [-0.4, -0.2) is 18.1 Å². The molecular weight excluding hydrogens is 146 g/mol. The van der Waals surface area contributed by atoms with Gasteiger partial charge in [-0.1, -0.05) is 13.8 Å². The molecule has 11 heavy (non-hydrogen) atoms. The van der Waals surface area contributed by atoms with Gasteiger partial charge in [0.2, 0.25) is 0 Å². The number of carbonyl (C=O) groups is 2. The second kappa shape index (κ2) is 2.90. The Kier molecular flexibility index (Phi) is 2.12. The first kappa shape index (κ1) is 8.04. The molecular formula is C7H13NO3. The third kappa shape index (κ3) is 1.93. The van der Waals surface area contributed by atoms with Crippen LogP contribution in [0.15, 0.2) is 0 Å². The minimum Gasteiger partial charge on any atom is -0.375 e. The maximum Gasteiger partial charge on any atom is 0.415 e. The lowest BCUT2D eigenvalue weighted by Crippen LogP contribution is -2.29. The third-order valence-corrected chi connectivity index (χ3v) is 1.48. The molecule has 1 rings (SSSR count). The van der Waals surface area contributed by atoms with E-state index in [1.165, 1.54) is 0 Å². The van der Waals surface area contributed by atoms with E-state index in [9.17, 15) is 9.59 Å². The fourth-order valence-corrected chi connectivity index (χ4v) is 1.02. The Balaban J connectivity index is 0.00000121. The first-order valence-corrected chi connectivity index (χ1v) is 3.62. The highest BCUT2D eigenvalue weighted by molar-refractivity contribution is 5.95. The summed E-state index contributed by atoms with van der Waals surface area (Å²) in [5.41, 5.74) is 0. The Labute approximate surface area is 66.4 Å². The van der Waals surface area contributed by atoms with Crippen LogP contribution in [0, 0.1) is 5.92 Å². The predicted molar refractivity (Wildman–Crippen MR) is 40.0 cm³/mol. The van der Waals surface area contributed by atoms with Gasteiger partial charge < -0.3 is 10.1 Å². The molecule has 4 nitrogen and oxygen atoms in total. The van der Waals surface area contributed by atoms with E-state index in [0.29, 0.717) is 12.3 Å². The number of ether oxygens (including phenoxy) is 1. The Hall–Kier alpha value is -1.06. The summed E-state index contributed by atoms with van der Waals surface area (Å²) in [5.74, 6) is -0.0744. The maximum atomic E-state index is 10.8. The van der Waals surface area contributed by atoms with Crippen molar-refractivity contribution < 1.29 is 15.8 Å². The van der Waals surface area contributed by atoms with Gasteiger partial charge in [-0.2, -0.15) is 0 Å². The van der Waals surface area contributed by atoms with Gasteiger partial charge in [-0.25, -0.2) is 9.59 Å². The standard InChI is InChI=1S/C7H11NO3.H2/c1-4(2)3-5-6(9)11-7(10)8-5;/h4-5H,3H2,1-2H3,(H,8,10);1H/t5-;/m1./s1. The van der Waals surface area contributed by atoms with Gasteiger partial charge in [0.1, 0.15) is 6.04 Å². The molecule has 0 bridgehead atoms. The average molecular weight is 159 g/mol. The number of hydrogen-bond donors (Lipinski definition) is 1. The van der Waals surface area contributed by atoms with E-state index in [-0.39, 0.29) is 1.43 Å². The summed E-state index contributed by atoms with van der Waals surface area (Å²) in [6.45, 7) is 3.97. The van der Waals surface area contributed by atoms with E-state index in [2.05, 4.69) is 10.1 Å². The van der Waals surface area contributed by atoms with Gasteiger partial charge in [0, 0.05) is 1.43 Å². The van der Waals surface area contributed by atoms with Crippen molar-refractivity contribution in [1.82, 2.24) is 5.32 Å². The zero-order valence-corrected chi connectivity index (χ0v) is 6.59. The number of esters is 1. The molecule has 0 aromatic heterocycles. The molecule has 0 saturated carbocycles. The topological polar surface area (TPSA) is 55.4 Å². The summed E-state index contributed by atoms with van der Waals surface area (Å²) >= 11 is 0. The molecule has 1 saturated heterocycles. The average Bonchev–Trinajstić information content (AvgIpc) is 2.09. The highest BCUT2D eigenvalue weighted by Crippen LogP contribution is 2.10. The number of hydrogen-bond acceptors (Lipinski definition) is 3. The SMILES string of the molecule is CC(C)C[C@H]1NC(=O)OC1=O.[HH]. The molecule has 0 spiro atoms. The summed E-state index contributed by atoms with van der Waals surface area (Å²) in [7, 11) is 0. The predicted octanol–water partition coefficient (Wildman–Crippen LogP) is 0.913. The lowest BCUT2D eigenvalue weighted by atomic mass is 10.0. The third-order valence-electron chi connectivity index (χ3n) is 1.48. The molecule has 64 valence electrons. The molecule has 1 aliphatic heterocycles. The van der Waals surface area contributed by atoms with Crippen LogP contribution in [0.3, 0.4) is 0 Å². The number of cyclic esters (lactones) is 2. The van der Waals surface area contributed by atoms with E-state index in [0.717, 1.165) is 0 Å². The molecule has 1 amide bonds. The lowest BCUT2D eigenvalue weighted by molar-refractivity contribution is -0.135. The molecule has 1 fully saturated rings. The normalized spacial score (nSPS) is 23.7. The van der Waals surface area contributed by atoms with Crippen molar-refractivity contribution in [2.24, 2.45) is 5.92 Å². The van der Waals surface area contributed by atoms with Crippen molar-refractivity contribution in [3.63, 3.8) is 0 Å². The molecule has 1 heterocycles. The molecule has 1 N–H and O–H groups in total. The molecule has 0 aromatic rings. The second-order valence-corrected chi connectivity index (χ2v) is 3.04. The number of alkyl carbamates (subject to hydrolysis) is 1. The fourth-order valence-electron chi connectivity index (χ4n) is 1.02. The molecule has 0 unspecified atom stereocenters. The van der Waals surface area contributed by atoms with Crippen LogP contribution in [0.1, 0.15) is 21.7 Å². The molecule has 4 heteroatoms. The maximum absolute atomic E-state index is 10.8. The van der Waals surface area contributed by atoms with Gasteiger partial charge in [0.25, 0.3) is 0 Å². The lowest BCUT2D eigenvalue weighted by Gasteiger charge is -2.06. The van der Waals surface area contributed by atoms with Crippen molar-refractivity contribution in [1.29, 1.82) is 0 Å². The van der Waals surface area contributed by atoms with Crippen LogP contribution < -0.4 is 5.32 Å². The van der Waals surface area contributed by atoms with Gasteiger partial charge in [-0.05, 0) is 12.3 Å². The van der Waals surface area contributed by atoms with E-state index in [1.807, 2.05) is 13.8 Å². The van der Waals surface area contributed by atoms with Crippen LogP contribution in [-0.2, 0) is 9.53 Å². The highest BCUT2D eigenvalue weighted by atomic mass is 16.6. The second-order valence-electron chi connectivity index (χ2n) is 3.04. The van der Waals surface area contributed by atoms with Crippen LogP contribution >= 0.6 is 0 Å². The Bertz CT molecular complexity index is 193. The summed E-state index contributed by atoms with van der Waals surface area (Å²) in [5, 5.41) is 2.42. The van der Waals surface area contributed by atoms with Gasteiger partial charge in [-0.15, -0.1) is 0 Å². The van der Waals surface area contributed by atoms with Gasteiger partial charge in [0.15, 0.2) is 0 Å². The van der Waals surface area contributed by atoms with Crippen LogP contribution in [0.2, 0.25) is 0 Å². The van der Waals surface area contributed by atoms with E-state index < -0.39 is 18.1 Å². The Morgan fingerprint density at radius 2 is 2.27 bits per heavy atom. The molecule has 0 aliphatic carbocycles. The zero-order chi connectivity index (χ0) is 8.43. The van der Waals surface area contributed by atoms with E-state index in [1.54, 1.807) is 0 Å². The largest absolute Gasteiger partial charge is 0.415 e. The first-order chi connectivity index (χ1) is 5.09. The van der Waals surface area contributed by atoms with Crippen LogP contribution in [0.25, 0.3) is 0 Å². The highest BCUT2D eigenvalue weighted by Gasteiger charge is 2.32. The monoisotopic (exact) mass is 159 g/mol. The molecule has 1 atom stereocenters. The molecule has 0 aromatic carbocycles. The van der Waals surface area contributed by atoms with Crippen molar-refractivity contribution in [2.45, 2.75) is 26.3 Å². The summed E-state index contributed by atoms with van der Waals surface area (Å²) < 4.78 is 4.29. The van der Waals surface area contributed by atoms with Crippen molar-refractivity contribution in [3.05, 3.63) is 0 Å². The number of carbonyl (C=O) groups excluding carboxylic acids is 2. The minimum absolute atomic E-state index is 0. The molecule has 1 aliphatic rings. The minimum atomic E-state index is -0.624. The summed E-state index contributed by atoms with van der Waals surface area (Å²) in [6.07, 6.45) is 0.0190. The van der Waals surface area contributed by atoms with Gasteiger partial charge >= 0.3 is 12.1 Å². The first-order valence-electron chi connectivity index (χ1n) is 3.62. The fraction of sp³-hybridized carbons (Fsp3) is 0.714. The Morgan fingerprint density at radius 3 is 2.64 bits per heavy atom. The smallest absolute Gasteiger partial charge is 0.375 e. The van der Waals surface area contributed by atoms with E-state index >= 15 is 0 Å². The number of rotatable bonds is 2. The van der Waals surface area contributed by atoms with Gasteiger partial charge in [-0.3, -0.25) is 0 Å². The Morgan fingerprint density at radius 1 is 1.64 bits per heavy atom. The number of nitrogens with one attached hydrogen (secondary N) is 1. The number of amides is 1. The van der Waals surface area contributed by atoms with Crippen molar-refractivity contribution >= 4 is 12.1 Å². The summed E-state index contributed by atoms with van der Waals surface area (Å²) in [6, 6.07) is -0.428. The summed E-state index contributed by atoms with van der Waals surface area (Å²) in [4.78, 5) is 21.3. The van der Waals surface area contributed by atoms with Crippen LogP contribution in [0.5, 0.6) is 0 Å². The molecule has 0 radical (unpaired) electrons. The van der Waals surface area contributed by atoms with Gasteiger partial charge in [0.05, 0.1) is 0 Å². The van der Waals surface area contributed by atoms with Crippen molar-refractivity contribution in [3.8, 4) is 0 Å².